The largest absolute Gasteiger partial charge is 0.523 e. The molecule has 11 heteroatoms. The average Bonchev–Trinajstić information content (AvgIpc) is 3.07. The van der Waals surface area contributed by atoms with Crippen molar-refractivity contribution in [2.45, 2.75) is 42.0 Å². The molecule has 3 rings (SSSR count). The molecule has 0 radical (unpaired) electrons. The molecule has 2 aromatic rings. The zero-order valence-corrected chi connectivity index (χ0v) is 17.7. The summed E-state index contributed by atoms with van der Waals surface area (Å²) in [4.78, 5) is 12.3. The fraction of sp³-hybridized carbons (Fsp3) is 0.421. The fourth-order valence-corrected chi connectivity index (χ4v) is 8.82. The Labute approximate surface area is 173 Å². The van der Waals surface area contributed by atoms with E-state index in [0.717, 1.165) is 0 Å². The van der Waals surface area contributed by atoms with E-state index in [1.54, 1.807) is 43.3 Å². The van der Waals surface area contributed by atoms with Crippen molar-refractivity contribution >= 4 is 37.4 Å². The number of carbonyl (C=O) groups is 1. The summed E-state index contributed by atoms with van der Waals surface area (Å²) < 4.78 is 78.9. The van der Waals surface area contributed by atoms with Crippen LogP contribution in [0.1, 0.15) is 26.2 Å². The third kappa shape index (κ3) is 4.37. The quantitative estimate of drug-likeness (QED) is 0.415. The van der Waals surface area contributed by atoms with Crippen molar-refractivity contribution in [3.63, 3.8) is 0 Å². The number of alkyl halides is 3. The van der Waals surface area contributed by atoms with Crippen molar-refractivity contribution in [2.24, 2.45) is 0 Å². The number of hydrogen-bond acceptors (Lipinski definition) is 6. The first-order valence-corrected chi connectivity index (χ1v) is 12.4. The monoisotopic (exact) mass is 466 g/mol. The Hall–Kier alpha value is -1.98. The second kappa shape index (κ2) is 8.64. The minimum Gasteiger partial charge on any atom is -0.434 e. The van der Waals surface area contributed by atoms with Crippen molar-refractivity contribution in [1.82, 2.24) is 0 Å². The van der Waals surface area contributed by atoms with E-state index >= 15 is 0 Å². The molecule has 1 saturated heterocycles. The molecule has 166 valence electrons. The summed E-state index contributed by atoms with van der Waals surface area (Å²) in [7, 11) is -9.14. The zero-order chi connectivity index (χ0) is 22.0. The van der Waals surface area contributed by atoms with Gasteiger partial charge in [-0.05, 0) is 36.1 Å². The maximum absolute atomic E-state index is 13.2. The maximum atomic E-state index is 13.2. The van der Waals surface area contributed by atoms with Gasteiger partial charge in [0.2, 0.25) is 0 Å². The number of rotatable bonds is 6. The van der Waals surface area contributed by atoms with Crippen LogP contribution in [0.5, 0.6) is 0 Å². The Kier molecular flexibility index (Phi) is 6.54. The molecule has 6 nitrogen and oxygen atoms in total. The van der Waals surface area contributed by atoms with Gasteiger partial charge in [0.1, 0.15) is 0 Å². The van der Waals surface area contributed by atoms with E-state index in [-0.39, 0.29) is 18.8 Å². The third-order valence-electron chi connectivity index (χ3n) is 4.58. The molecule has 2 aromatic carbocycles. The standard InChI is InChI=1S/C19H21F3O6S2/c1-2-12-26-18(23)27-17-11-6-13-29(17,28-30(24,25)19(20,21)22)16-10-5-8-14-7-3-4-9-15(14)16/h3-5,7-10,17H,2,6,11-13H2,1H3. The molecule has 0 spiro atoms. The van der Waals surface area contributed by atoms with E-state index in [2.05, 4.69) is 0 Å². The lowest BCUT2D eigenvalue weighted by Gasteiger charge is -2.39. The molecule has 0 aromatic heterocycles. The van der Waals surface area contributed by atoms with E-state index in [1.165, 1.54) is 6.07 Å². The van der Waals surface area contributed by atoms with Crippen LogP contribution >= 0.6 is 10.3 Å². The highest BCUT2D eigenvalue weighted by molar-refractivity contribution is 8.33. The van der Waals surface area contributed by atoms with Crippen LogP contribution in [-0.2, 0) is 23.2 Å². The van der Waals surface area contributed by atoms with E-state index in [1.807, 2.05) is 0 Å². The number of benzene rings is 2. The van der Waals surface area contributed by atoms with Gasteiger partial charge in [-0.3, -0.25) is 0 Å². The third-order valence-corrected chi connectivity index (χ3v) is 10.0. The highest BCUT2D eigenvalue weighted by atomic mass is 32.3. The van der Waals surface area contributed by atoms with Crippen molar-refractivity contribution in [3.8, 4) is 0 Å². The van der Waals surface area contributed by atoms with Gasteiger partial charge in [0.15, 0.2) is 5.44 Å². The zero-order valence-electron chi connectivity index (χ0n) is 16.1. The predicted octanol–water partition coefficient (Wildman–Crippen LogP) is 5.47. The molecule has 30 heavy (non-hydrogen) atoms. The van der Waals surface area contributed by atoms with Gasteiger partial charge in [-0.25, -0.2) is 8.42 Å². The van der Waals surface area contributed by atoms with Gasteiger partial charge in [0.25, 0.3) is 0 Å². The first kappa shape index (κ1) is 22.7. The minimum atomic E-state index is -5.94. The summed E-state index contributed by atoms with van der Waals surface area (Å²) in [5, 5.41) is 1.25. The average molecular weight is 466 g/mol. The molecule has 0 amide bonds. The first-order chi connectivity index (χ1) is 14.1. The number of ether oxygens (including phenoxy) is 2. The van der Waals surface area contributed by atoms with Crippen molar-refractivity contribution in [3.05, 3.63) is 42.5 Å². The molecule has 1 aliphatic rings. The molecule has 0 N–H and O–H groups in total. The van der Waals surface area contributed by atoms with Crippen LogP contribution in [0.15, 0.2) is 47.4 Å². The Bertz CT molecular complexity index is 1020. The number of fused-ring (bicyclic) bond motifs is 1. The second-order valence-electron chi connectivity index (χ2n) is 6.66. The van der Waals surface area contributed by atoms with Gasteiger partial charge in [-0.2, -0.15) is 21.6 Å². The van der Waals surface area contributed by atoms with Crippen LogP contribution in [0.4, 0.5) is 18.0 Å². The highest BCUT2D eigenvalue weighted by Gasteiger charge is 2.55. The Balaban J connectivity index is 2.13. The van der Waals surface area contributed by atoms with Gasteiger partial charge in [0, 0.05) is 10.6 Å². The molecular formula is C19H21F3O6S2. The van der Waals surface area contributed by atoms with E-state index < -0.39 is 37.5 Å². The molecular weight excluding hydrogens is 445 g/mol. The normalized spacial score (nSPS) is 24.3. The molecule has 1 heterocycles. The summed E-state index contributed by atoms with van der Waals surface area (Å²) in [6, 6.07) is 11.8. The predicted molar refractivity (Wildman–Crippen MR) is 106 cm³/mol. The number of hydrogen-bond donors (Lipinski definition) is 0. The lowest BCUT2D eigenvalue weighted by Crippen LogP contribution is -2.32. The Morgan fingerprint density at radius 3 is 2.57 bits per heavy atom. The van der Waals surface area contributed by atoms with Crippen molar-refractivity contribution in [2.75, 3.05) is 12.4 Å². The smallest absolute Gasteiger partial charge is 0.434 e. The summed E-state index contributed by atoms with van der Waals surface area (Å²) in [6.45, 7) is 1.84. The lowest BCUT2D eigenvalue weighted by atomic mass is 10.1. The maximum Gasteiger partial charge on any atom is 0.523 e. The van der Waals surface area contributed by atoms with E-state index in [9.17, 15) is 26.4 Å². The van der Waals surface area contributed by atoms with Crippen LogP contribution in [0.25, 0.3) is 10.8 Å². The summed E-state index contributed by atoms with van der Waals surface area (Å²) in [5.41, 5.74) is -6.79. The lowest BCUT2D eigenvalue weighted by molar-refractivity contribution is -0.0497. The molecule has 2 unspecified atom stereocenters. The van der Waals surface area contributed by atoms with E-state index in [0.29, 0.717) is 28.5 Å². The molecule has 1 aliphatic heterocycles. The van der Waals surface area contributed by atoms with Gasteiger partial charge in [0.05, 0.1) is 6.61 Å². The second-order valence-corrected chi connectivity index (χ2v) is 11.4. The van der Waals surface area contributed by atoms with Crippen LogP contribution in [-0.4, -0.2) is 37.9 Å². The fourth-order valence-electron chi connectivity index (χ4n) is 3.31. The molecule has 0 bridgehead atoms. The van der Waals surface area contributed by atoms with Gasteiger partial charge >= 0.3 is 21.8 Å². The van der Waals surface area contributed by atoms with Crippen LogP contribution in [0.2, 0.25) is 0 Å². The van der Waals surface area contributed by atoms with E-state index in [4.69, 9.17) is 13.1 Å². The van der Waals surface area contributed by atoms with Gasteiger partial charge < -0.3 is 9.47 Å². The van der Waals surface area contributed by atoms with Crippen LogP contribution in [0.3, 0.4) is 0 Å². The van der Waals surface area contributed by atoms with Crippen LogP contribution in [0, 0.1) is 0 Å². The Morgan fingerprint density at radius 2 is 1.87 bits per heavy atom. The number of halogens is 3. The highest BCUT2D eigenvalue weighted by Crippen LogP contribution is 2.69. The topological polar surface area (TPSA) is 78.9 Å². The van der Waals surface area contributed by atoms with Gasteiger partial charge in [-0.1, -0.05) is 53.6 Å². The molecule has 2 atom stereocenters. The van der Waals surface area contributed by atoms with Gasteiger partial charge in [-0.15, -0.1) is 0 Å². The summed E-state index contributed by atoms with van der Waals surface area (Å²) in [5.74, 6) is 0.00203. The SMILES string of the molecule is CCCOC(=O)OC1CCCS1(OS(=O)(=O)C(F)(F)F)c1cccc2ccccc12. The summed E-state index contributed by atoms with van der Waals surface area (Å²) in [6.07, 6.45) is -0.0425. The van der Waals surface area contributed by atoms with Crippen molar-refractivity contribution < 1.29 is 39.5 Å². The van der Waals surface area contributed by atoms with Crippen LogP contribution < -0.4 is 0 Å². The number of carbonyl (C=O) groups excluding carboxylic acids is 1. The molecule has 0 saturated carbocycles. The summed E-state index contributed by atoms with van der Waals surface area (Å²) >= 11 is 0. The molecule has 0 aliphatic carbocycles. The molecule has 1 fully saturated rings. The Morgan fingerprint density at radius 1 is 1.17 bits per heavy atom. The van der Waals surface area contributed by atoms with Crippen molar-refractivity contribution in [1.29, 1.82) is 0 Å². The minimum absolute atomic E-state index is 0.00203. The first-order valence-electron chi connectivity index (χ1n) is 9.24.